The summed E-state index contributed by atoms with van der Waals surface area (Å²) >= 11 is 0. The summed E-state index contributed by atoms with van der Waals surface area (Å²) in [4.78, 5) is 26.8. The van der Waals surface area contributed by atoms with Crippen LogP contribution in [-0.4, -0.2) is 27.6 Å². The molecule has 1 heterocycles. The van der Waals surface area contributed by atoms with Crippen LogP contribution in [0.3, 0.4) is 0 Å². The first-order valence-corrected chi connectivity index (χ1v) is 7.16. The summed E-state index contributed by atoms with van der Waals surface area (Å²) < 4.78 is 0. The largest absolute Gasteiger partial charge is 0.478 e. The van der Waals surface area contributed by atoms with Crippen LogP contribution in [0.5, 0.6) is 0 Å². The number of nitrogens with one attached hydrogen (secondary N) is 2. The Morgan fingerprint density at radius 1 is 1.26 bits per heavy atom. The molecule has 0 saturated carbocycles. The number of anilines is 1. The van der Waals surface area contributed by atoms with Gasteiger partial charge in [-0.1, -0.05) is 19.1 Å². The molecule has 2 aromatic rings. The first-order valence-electron chi connectivity index (χ1n) is 7.16. The number of carbonyl (C=O) groups is 2. The number of rotatable bonds is 7. The van der Waals surface area contributed by atoms with Gasteiger partial charge in [-0.25, -0.2) is 4.79 Å². The van der Waals surface area contributed by atoms with Gasteiger partial charge in [0, 0.05) is 24.8 Å². The third-order valence-corrected chi connectivity index (χ3v) is 3.32. The number of carboxylic acids is 1. The summed E-state index contributed by atoms with van der Waals surface area (Å²) in [6.07, 6.45) is 1.79. The van der Waals surface area contributed by atoms with Crippen molar-refractivity contribution < 1.29 is 14.7 Å². The van der Waals surface area contributed by atoms with Gasteiger partial charge in [0.2, 0.25) is 0 Å². The lowest BCUT2D eigenvalue weighted by Gasteiger charge is -2.10. The summed E-state index contributed by atoms with van der Waals surface area (Å²) in [5.41, 5.74) is 1.72. The van der Waals surface area contributed by atoms with Crippen LogP contribution < -0.4 is 5.32 Å². The number of aromatic nitrogens is 1. The molecule has 23 heavy (non-hydrogen) atoms. The number of ketones is 1. The van der Waals surface area contributed by atoms with E-state index in [-0.39, 0.29) is 23.5 Å². The van der Waals surface area contributed by atoms with Crippen LogP contribution in [0.1, 0.15) is 35.0 Å². The highest BCUT2D eigenvalue weighted by Crippen LogP contribution is 2.16. The maximum Gasteiger partial charge on any atom is 0.337 e. The average Bonchev–Trinajstić information content (AvgIpc) is 2.59. The lowest BCUT2D eigenvalue weighted by Crippen LogP contribution is -2.15. The van der Waals surface area contributed by atoms with E-state index in [1.165, 1.54) is 12.3 Å². The fourth-order valence-electron chi connectivity index (χ4n) is 2.06. The predicted octanol–water partition coefficient (Wildman–Crippen LogP) is 2.74. The smallest absolute Gasteiger partial charge is 0.337 e. The molecular formula is C17H17N3O3. The van der Waals surface area contributed by atoms with Crippen LogP contribution >= 0.6 is 0 Å². The normalized spacial score (nSPS) is 10.1. The number of benzene rings is 1. The maximum atomic E-state index is 11.6. The number of Topliss-reactive ketones (excluding diaryl/α,β-unsaturated/α-hetero) is 1. The zero-order chi connectivity index (χ0) is 16.8. The highest BCUT2D eigenvalue weighted by Gasteiger charge is 2.12. The Hall–Kier alpha value is -3.02. The van der Waals surface area contributed by atoms with Crippen LogP contribution in [0.25, 0.3) is 0 Å². The molecule has 0 aliphatic heterocycles. The second-order valence-corrected chi connectivity index (χ2v) is 4.91. The molecule has 0 radical (unpaired) electrons. The van der Waals surface area contributed by atoms with E-state index < -0.39 is 5.97 Å². The Bertz CT molecular complexity index is 756. The fourth-order valence-corrected chi connectivity index (χ4v) is 2.06. The Balaban J connectivity index is 2.15. The molecule has 3 N–H and O–H groups in total. The van der Waals surface area contributed by atoms with Crippen molar-refractivity contribution in [1.82, 2.24) is 4.98 Å². The molecule has 0 spiro atoms. The van der Waals surface area contributed by atoms with E-state index in [2.05, 4.69) is 10.3 Å². The standard InChI is InChI=1S/C17H17N3O3/c1-2-15(21)16(18)14-9-11(7-8-19-14)10-20-13-6-4-3-5-12(13)17(22)23/h3-9,18,20H,2,10H2,1H3,(H,22,23). The van der Waals surface area contributed by atoms with Crippen molar-refractivity contribution in [2.75, 3.05) is 5.32 Å². The molecule has 0 aliphatic carbocycles. The molecule has 1 aromatic heterocycles. The molecule has 0 atom stereocenters. The van der Waals surface area contributed by atoms with E-state index >= 15 is 0 Å². The Labute approximate surface area is 133 Å². The Morgan fingerprint density at radius 2 is 2.00 bits per heavy atom. The summed E-state index contributed by atoms with van der Waals surface area (Å²) in [5, 5.41) is 20.0. The number of pyridine rings is 1. The molecular weight excluding hydrogens is 294 g/mol. The molecule has 0 bridgehead atoms. The molecule has 118 valence electrons. The van der Waals surface area contributed by atoms with E-state index in [0.29, 0.717) is 17.9 Å². The van der Waals surface area contributed by atoms with Crippen molar-refractivity contribution in [3.63, 3.8) is 0 Å². The first-order chi connectivity index (χ1) is 11.0. The third kappa shape index (κ3) is 4.00. The van der Waals surface area contributed by atoms with Crippen molar-refractivity contribution in [1.29, 1.82) is 5.41 Å². The van der Waals surface area contributed by atoms with Crippen LogP contribution in [0.4, 0.5) is 5.69 Å². The van der Waals surface area contributed by atoms with Gasteiger partial charge in [0.1, 0.15) is 5.71 Å². The van der Waals surface area contributed by atoms with Crippen LogP contribution in [0, 0.1) is 5.41 Å². The lowest BCUT2D eigenvalue weighted by molar-refractivity contribution is -0.112. The summed E-state index contributed by atoms with van der Waals surface area (Å²) in [6, 6.07) is 10.0. The van der Waals surface area contributed by atoms with Gasteiger partial charge in [-0.3, -0.25) is 15.2 Å². The van der Waals surface area contributed by atoms with Gasteiger partial charge in [-0.2, -0.15) is 0 Å². The zero-order valence-electron chi connectivity index (χ0n) is 12.7. The van der Waals surface area contributed by atoms with Gasteiger partial charge in [0.25, 0.3) is 0 Å². The predicted molar refractivity (Wildman–Crippen MR) is 87.1 cm³/mol. The minimum atomic E-state index is -1.00. The summed E-state index contributed by atoms with van der Waals surface area (Å²) in [5.74, 6) is -1.27. The van der Waals surface area contributed by atoms with Crippen molar-refractivity contribution >= 4 is 23.2 Å². The van der Waals surface area contributed by atoms with Crippen molar-refractivity contribution in [2.24, 2.45) is 0 Å². The number of carboxylic acid groups (broad SMARTS) is 1. The van der Waals surface area contributed by atoms with Gasteiger partial charge >= 0.3 is 5.97 Å². The van der Waals surface area contributed by atoms with E-state index in [4.69, 9.17) is 10.5 Å². The van der Waals surface area contributed by atoms with E-state index in [0.717, 1.165) is 5.56 Å². The summed E-state index contributed by atoms with van der Waals surface area (Å²) in [7, 11) is 0. The average molecular weight is 311 g/mol. The molecule has 0 saturated heterocycles. The first kappa shape index (κ1) is 16.4. The monoisotopic (exact) mass is 311 g/mol. The highest BCUT2D eigenvalue weighted by atomic mass is 16.4. The Kier molecular flexibility index (Phi) is 5.19. The van der Waals surface area contributed by atoms with E-state index in [1.54, 1.807) is 37.3 Å². The molecule has 0 aliphatic rings. The number of hydrogen-bond acceptors (Lipinski definition) is 5. The van der Waals surface area contributed by atoms with E-state index in [1.807, 2.05) is 0 Å². The van der Waals surface area contributed by atoms with Crippen LogP contribution in [0.15, 0.2) is 42.6 Å². The number of nitrogens with zero attached hydrogens (tertiary/aromatic N) is 1. The van der Waals surface area contributed by atoms with Crippen molar-refractivity contribution in [3.8, 4) is 0 Å². The molecule has 6 nitrogen and oxygen atoms in total. The second kappa shape index (κ2) is 7.31. The van der Waals surface area contributed by atoms with Gasteiger partial charge in [0.05, 0.1) is 11.3 Å². The van der Waals surface area contributed by atoms with E-state index in [9.17, 15) is 9.59 Å². The van der Waals surface area contributed by atoms with Crippen molar-refractivity contribution in [3.05, 3.63) is 59.4 Å². The zero-order valence-corrected chi connectivity index (χ0v) is 12.7. The minimum absolute atomic E-state index is 0.111. The fraction of sp³-hybridized carbons (Fsp3) is 0.176. The van der Waals surface area contributed by atoms with Crippen LogP contribution in [0.2, 0.25) is 0 Å². The minimum Gasteiger partial charge on any atom is -0.478 e. The van der Waals surface area contributed by atoms with Gasteiger partial charge in [-0.15, -0.1) is 0 Å². The number of aromatic carboxylic acids is 1. The van der Waals surface area contributed by atoms with Crippen molar-refractivity contribution in [2.45, 2.75) is 19.9 Å². The third-order valence-electron chi connectivity index (χ3n) is 3.32. The number of para-hydroxylation sites is 1. The Morgan fingerprint density at radius 3 is 2.70 bits per heavy atom. The summed E-state index contributed by atoms with van der Waals surface area (Å²) in [6.45, 7) is 2.07. The SMILES string of the molecule is CCC(=O)C(=N)c1cc(CNc2ccccc2C(=O)O)ccn1. The topological polar surface area (TPSA) is 103 Å². The number of hydrogen-bond donors (Lipinski definition) is 3. The molecule has 0 amide bonds. The molecule has 6 heteroatoms. The van der Waals surface area contributed by atoms with Gasteiger partial charge in [0.15, 0.2) is 5.78 Å². The quantitative estimate of drug-likeness (QED) is 0.682. The highest BCUT2D eigenvalue weighted by molar-refractivity contribution is 6.44. The molecule has 0 fully saturated rings. The molecule has 1 aromatic carbocycles. The van der Waals surface area contributed by atoms with Gasteiger partial charge < -0.3 is 10.4 Å². The maximum absolute atomic E-state index is 11.6. The lowest BCUT2D eigenvalue weighted by atomic mass is 10.1. The van der Waals surface area contributed by atoms with Gasteiger partial charge in [-0.05, 0) is 29.8 Å². The molecule has 0 unspecified atom stereocenters. The van der Waals surface area contributed by atoms with Crippen LogP contribution in [-0.2, 0) is 11.3 Å². The second-order valence-electron chi connectivity index (χ2n) is 4.91. The number of carbonyl (C=O) groups excluding carboxylic acids is 1. The molecule has 2 rings (SSSR count).